The Kier molecular flexibility index (Phi) is 4.95. The molecular weight excluding hydrogens is 278 g/mol. The Labute approximate surface area is 122 Å². The molecule has 0 aliphatic rings. The SMILES string of the molecule is CCNc1cc(C(=O)NCCc2ncc[nH]2)cc(Cl)n1. The van der Waals surface area contributed by atoms with Crippen LogP contribution in [0.15, 0.2) is 24.5 Å². The molecular formula is C13H16ClN5O. The van der Waals surface area contributed by atoms with Crippen molar-refractivity contribution in [1.29, 1.82) is 0 Å². The number of hydrogen-bond acceptors (Lipinski definition) is 4. The number of aromatic nitrogens is 3. The Morgan fingerprint density at radius 2 is 2.30 bits per heavy atom. The minimum Gasteiger partial charge on any atom is -0.370 e. The highest BCUT2D eigenvalue weighted by Crippen LogP contribution is 2.14. The number of halogens is 1. The first-order valence-corrected chi connectivity index (χ1v) is 6.74. The molecule has 0 fully saturated rings. The topological polar surface area (TPSA) is 82.7 Å². The molecule has 2 heterocycles. The summed E-state index contributed by atoms with van der Waals surface area (Å²) < 4.78 is 0. The van der Waals surface area contributed by atoms with Crippen molar-refractivity contribution in [1.82, 2.24) is 20.3 Å². The second kappa shape index (κ2) is 6.91. The molecule has 0 bridgehead atoms. The minimum atomic E-state index is -0.181. The maximum absolute atomic E-state index is 12.0. The van der Waals surface area contributed by atoms with E-state index in [0.29, 0.717) is 36.0 Å². The molecule has 7 heteroatoms. The average molecular weight is 294 g/mol. The molecule has 1 amide bonds. The van der Waals surface area contributed by atoms with E-state index >= 15 is 0 Å². The van der Waals surface area contributed by atoms with E-state index < -0.39 is 0 Å². The van der Waals surface area contributed by atoms with E-state index in [1.54, 1.807) is 24.5 Å². The molecule has 2 aromatic heterocycles. The van der Waals surface area contributed by atoms with E-state index in [4.69, 9.17) is 11.6 Å². The molecule has 0 unspecified atom stereocenters. The second-order valence-corrected chi connectivity index (χ2v) is 4.52. The quantitative estimate of drug-likeness (QED) is 0.710. The summed E-state index contributed by atoms with van der Waals surface area (Å²) >= 11 is 5.90. The average Bonchev–Trinajstić information content (AvgIpc) is 2.91. The number of imidazole rings is 1. The predicted octanol–water partition coefficient (Wildman–Crippen LogP) is 1.86. The molecule has 2 aromatic rings. The molecule has 6 nitrogen and oxygen atoms in total. The third-order valence-electron chi connectivity index (χ3n) is 2.62. The van der Waals surface area contributed by atoms with Gasteiger partial charge in [-0.15, -0.1) is 0 Å². The van der Waals surface area contributed by atoms with Crippen molar-refractivity contribution in [2.45, 2.75) is 13.3 Å². The summed E-state index contributed by atoms with van der Waals surface area (Å²) in [5, 5.41) is 6.14. The van der Waals surface area contributed by atoms with E-state index in [9.17, 15) is 4.79 Å². The summed E-state index contributed by atoms with van der Waals surface area (Å²) in [6.07, 6.45) is 4.09. The van der Waals surface area contributed by atoms with Gasteiger partial charge in [0.25, 0.3) is 5.91 Å². The number of hydrogen-bond donors (Lipinski definition) is 3. The molecule has 0 radical (unpaired) electrons. The number of nitrogens with one attached hydrogen (secondary N) is 3. The van der Waals surface area contributed by atoms with Crippen LogP contribution in [0.25, 0.3) is 0 Å². The summed E-state index contributed by atoms with van der Waals surface area (Å²) in [4.78, 5) is 23.2. The van der Waals surface area contributed by atoms with E-state index in [-0.39, 0.29) is 5.91 Å². The lowest BCUT2D eigenvalue weighted by molar-refractivity contribution is 0.0954. The Morgan fingerprint density at radius 3 is 3.00 bits per heavy atom. The zero-order chi connectivity index (χ0) is 14.4. The van der Waals surface area contributed by atoms with Gasteiger partial charge in [-0.1, -0.05) is 11.6 Å². The van der Waals surface area contributed by atoms with Crippen LogP contribution in [-0.4, -0.2) is 33.9 Å². The molecule has 0 spiro atoms. The predicted molar refractivity (Wildman–Crippen MR) is 78.0 cm³/mol. The highest BCUT2D eigenvalue weighted by Gasteiger charge is 2.09. The summed E-state index contributed by atoms with van der Waals surface area (Å²) in [5.74, 6) is 1.25. The first-order chi connectivity index (χ1) is 9.69. The third kappa shape index (κ3) is 3.96. The smallest absolute Gasteiger partial charge is 0.251 e. The van der Waals surface area contributed by atoms with Crippen LogP contribution in [0, 0.1) is 0 Å². The molecule has 0 aromatic carbocycles. The van der Waals surface area contributed by atoms with E-state index in [0.717, 1.165) is 5.82 Å². The van der Waals surface area contributed by atoms with Gasteiger partial charge >= 0.3 is 0 Å². The molecule has 0 saturated carbocycles. The molecule has 0 atom stereocenters. The summed E-state index contributed by atoms with van der Waals surface area (Å²) in [6, 6.07) is 3.22. The fraction of sp³-hybridized carbons (Fsp3) is 0.308. The van der Waals surface area contributed by atoms with Gasteiger partial charge < -0.3 is 15.6 Å². The third-order valence-corrected chi connectivity index (χ3v) is 2.81. The van der Waals surface area contributed by atoms with Crippen LogP contribution in [0.1, 0.15) is 23.1 Å². The number of anilines is 1. The molecule has 3 N–H and O–H groups in total. The minimum absolute atomic E-state index is 0.181. The van der Waals surface area contributed by atoms with Crippen LogP contribution in [0.5, 0.6) is 0 Å². The van der Waals surface area contributed by atoms with Crippen LogP contribution in [0.3, 0.4) is 0 Å². The molecule has 20 heavy (non-hydrogen) atoms. The molecule has 0 aliphatic heterocycles. The highest BCUT2D eigenvalue weighted by atomic mass is 35.5. The summed E-state index contributed by atoms with van der Waals surface area (Å²) in [7, 11) is 0. The van der Waals surface area contributed by atoms with Crippen molar-refractivity contribution in [2.75, 3.05) is 18.4 Å². The Morgan fingerprint density at radius 1 is 1.45 bits per heavy atom. The molecule has 106 valence electrons. The van der Waals surface area contributed by atoms with Gasteiger partial charge in [-0.2, -0.15) is 0 Å². The summed E-state index contributed by atoms with van der Waals surface area (Å²) in [6.45, 7) is 3.17. The lowest BCUT2D eigenvalue weighted by Crippen LogP contribution is -2.26. The Bertz CT molecular complexity index is 570. The van der Waals surface area contributed by atoms with Crippen LogP contribution in [0.2, 0.25) is 5.15 Å². The van der Waals surface area contributed by atoms with Gasteiger partial charge in [0.05, 0.1) is 0 Å². The van der Waals surface area contributed by atoms with Gasteiger partial charge in [0.15, 0.2) is 0 Å². The van der Waals surface area contributed by atoms with E-state index in [1.807, 2.05) is 6.92 Å². The van der Waals surface area contributed by atoms with Gasteiger partial charge in [0.2, 0.25) is 0 Å². The number of rotatable bonds is 6. The van der Waals surface area contributed by atoms with Crippen molar-refractivity contribution in [3.05, 3.63) is 41.1 Å². The van der Waals surface area contributed by atoms with Crippen molar-refractivity contribution < 1.29 is 4.79 Å². The van der Waals surface area contributed by atoms with Crippen LogP contribution < -0.4 is 10.6 Å². The number of pyridine rings is 1. The van der Waals surface area contributed by atoms with E-state index in [1.165, 1.54) is 0 Å². The second-order valence-electron chi connectivity index (χ2n) is 4.14. The van der Waals surface area contributed by atoms with Crippen LogP contribution in [-0.2, 0) is 6.42 Å². The van der Waals surface area contributed by atoms with Gasteiger partial charge in [-0.3, -0.25) is 4.79 Å². The van der Waals surface area contributed by atoms with Crippen LogP contribution in [0.4, 0.5) is 5.82 Å². The number of amides is 1. The number of carbonyl (C=O) groups excluding carboxylic acids is 1. The van der Waals surface area contributed by atoms with E-state index in [2.05, 4.69) is 25.6 Å². The van der Waals surface area contributed by atoms with Gasteiger partial charge in [0.1, 0.15) is 16.8 Å². The van der Waals surface area contributed by atoms with Crippen molar-refractivity contribution in [3.8, 4) is 0 Å². The molecule has 2 rings (SSSR count). The maximum atomic E-state index is 12.0. The zero-order valence-electron chi connectivity index (χ0n) is 11.1. The number of H-pyrrole nitrogens is 1. The largest absolute Gasteiger partial charge is 0.370 e. The van der Waals surface area contributed by atoms with Gasteiger partial charge in [0, 0.05) is 37.5 Å². The maximum Gasteiger partial charge on any atom is 0.251 e. The normalized spacial score (nSPS) is 10.3. The first kappa shape index (κ1) is 14.3. The monoisotopic (exact) mass is 293 g/mol. The van der Waals surface area contributed by atoms with Crippen molar-refractivity contribution >= 4 is 23.3 Å². The van der Waals surface area contributed by atoms with Crippen molar-refractivity contribution in [2.24, 2.45) is 0 Å². The fourth-order valence-corrected chi connectivity index (χ4v) is 1.94. The van der Waals surface area contributed by atoms with Crippen molar-refractivity contribution in [3.63, 3.8) is 0 Å². The fourth-order valence-electron chi connectivity index (χ4n) is 1.73. The van der Waals surface area contributed by atoms with Crippen LogP contribution >= 0.6 is 11.6 Å². The first-order valence-electron chi connectivity index (χ1n) is 6.37. The van der Waals surface area contributed by atoms with Gasteiger partial charge in [-0.05, 0) is 19.1 Å². The Hall–Kier alpha value is -2.08. The highest BCUT2D eigenvalue weighted by molar-refractivity contribution is 6.29. The molecule has 0 aliphatic carbocycles. The zero-order valence-corrected chi connectivity index (χ0v) is 11.9. The number of nitrogens with zero attached hydrogens (tertiary/aromatic N) is 2. The Balaban J connectivity index is 1.94. The summed E-state index contributed by atoms with van der Waals surface area (Å²) in [5.41, 5.74) is 0.486. The lowest BCUT2D eigenvalue weighted by Gasteiger charge is -2.07. The number of carbonyl (C=O) groups is 1. The standard InChI is InChI=1S/C13H16ClN5O/c1-2-15-12-8-9(7-10(14)19-12)13(20)18-4-3-11-16-5-6-17-11/h5-8H,2-4H2,1H3,(H,15,19)(H,16,17)(H,18,20). The lowest BCUT2D eigenvalue weighted by atomic mass is 10.2. The number of aromatic amines is 1. The van der Waals surface area contributed by atoms with Gasteiger partial charge in [-0.25, -0.2) is 9.97 Å². The molecule has 0 saturated heterocycles.